The number of carbonyl (C=O) groups is 1. The number of nitrogens with zero attached hydrogens (tertiary/aromatic N) is 1. The lowest BCUT2D eigenvalue weighted by Crippen LogP contribution is -2.41. The van der Waals surface area contributed by atoms with E-state index in [4.69, 9.17) is 11.6 Å². The largest absolute Gasteiger partial charge is 0.433 e. The molecule has 1 saturated carbocycles. The van der Waals surface area contributed by atoms with Crippen LogP contribution in [0, 0.1) is 5.92 Å². The number of hydrogen-bond donors (Lipinski definition) is 2. The first-order chi connectivity index (χ1) is 13.1. The molecule has 0 unspecified atom stereocenters. The zero-order valence-corrected chi connectivity index (χ0v) is 16.5. The van der Waals surface area contributed by atoms with Gasteiger partial charge in [0.15, 0.2) is 0 Å². The molecular formula is C20H23ClF2N2O3. The van der Waals surface area contributed by atoms with Crippen molar-refractivity contribution in [3.63, 3.8) is 0 Å². The Morgan fingerprint density at radius 3 is 2.57 bits per heavy atom. The summed E-state index contributed by atoms with van der Waals surface area (Å²) in [6, 6.07) is 4.45. The van der Waals surface area contributed by atoms with Gasteiger partial charge < -0.3 is 15.2 Å². The predicted molar refractivity (Wildman–Crippen MR) is 103 cm³/mol. The molecule has 0 atom stereocenters. The van der Waals surface area contributed by atoms with E-state index in [1.165, 1.54) is 18.3 Å². The molecule has 1 aliphatic rings. The van der Waals surface area contributed by atoms with E-state index < -0.39 is 12.2 Å². The predicted octanol–water partition coefficient (Wildman–Crippen LogP) is 4.55. The molecule has 1 aliphatic carbocycles. The lowest BCUT2D eigenvalue weighted by molar-refractivity contribution is -0.0497. The lowest BCUT2D eigenvalue weighted by atomic mass is 9.77. The van der Waals surface area contributed by atoms with Crippen molar-refractivity contribution in [1.82, 2.24) is 10.3 Å². The number of ether oxygens (including phenoxy) is 1. The van der Waals surface area contributed by atoms with Gasteiger partial charge in [0, 0.05) is 23.7 Å². The summed E-state index contributed by atoms with van der Waals surface area (Å²) in [4.78, 5) is 16.7. The molecule has 8 heteroatoms. The Balaban J connectivity index is 1.69. The minimum atomic E-state index is -2.98. The maximum atomic E-state index is 12.6. The normalized spacial score (nSPS) is 20.4. The van der Waals surface area contributed by atoms with Gasteiger partial charge in [0.25, 0.3) is 5.91 Å². The number of carbonyl (C=O) groups excluding carboxylic acids is 1. The number of fused-ring (bicyclic) bond motifs is 1. The minimum absolute atomic E-state index is 0.0251. The molecule has 2 aromatic rings. The fourth-order valence-electron chi connectivity index (χ4n) is 3.65. The summed E-state index contributed by atoms with van der Waals surface area (Å²) in [6.45, 7) is 0.659. The van der Waals surface area contributed by atoms with Gasteiger partial charge in [-0.15, -0.1) is 0 Å². The van der Waals surface area contributed by atoms with Crippen LogP contribution in [0.3, 0.4) is 0 Å². The molecule has 0 radical (unpaired) electrons. The van der Waals surface area contributed by atoms with E-state index in [9.17, 15) is 18.7 Å². The summed E-state index contributed by atoms with van der Waals surface area (Å²) in [5, 5.41) is 13.7. The van der Waals surface area contributed by atoms with Gasteiger partial charge in [-0.3, -0.25) is 9.78 Å². The topological polar surface area (TPSA) is 71.5 Å². The van der Waals surface area contributed by atoms with E-state index in [0.29, 0.717) is 16.5 Å². The van der Waals surface area contributed by atoms with E-state index in [1.54, 1.807) is 6.07 Å². The molecule has 5 nitrogen and oxygen atoms in total. The van der Waals surface area contributed by atoms with Crippen LogP contribution in [0.2, 0.25) is 5.02 Å². The maximum absolute atomic E-state index is 12.6. The van der Waals surface area contributed by atoms with E-state index in [0.717, 1.165) is 25.7 Å². The Morgan fingerprint density at radius 1 is 1.29 bits per heavy atom. The van der Waals surface area contributed by atoms with Crippen LogP contribution in [0.5, 0.6) is 5.75 Å². The van der Waals surface area contributed by atoms with Crippen LogP contribution < -0.4 is 10.1 Å². The average Bonchev–Trinajstić information content (AvgIpc) is 2.61. The number of halogens is 3. The van der Waals surface area contributed by atoms with Crippen LogP contribution >= 0.6 is 11.6 Å². The number of alkyl halides is 2. The van der Waals surface area contributed by atoms with Gasteiger partial charge in [0.2, 0.25) is 0 Å². The highest BCUT2D eigenvalue weighted by atomic mass is 35.5. The first-order valence-electron chi connectivity index (χ1n) is 9.21. The zero-order chi connectivity index (χ0) is 20.5. The molecule has 0 saturated heterocycles. The molecule has 0 aliphatic heterocycles. The van der Waals surface area contributed by atoms with Gasteiger partial charge >= 0.3 is 6.61 Å². The highest BCUT2D eigenvalue weighted by Crippen LogP contribution is 2.33. The molecule has 1 heterocycles. The molecule has 0 bridgehead atoms. The van der Waals surface area contributed by atoms with Crippen molar-refractivity contribution in [2.24, 2.45) is 5.92 Å². The third kappa shape index (κ3) is 4.89. The molecule has 1 aromatic heterocycles. The third-order valence-electron chi connectivity index (χ3n) is 5.27. The smallest absolute Gasteiger partial charge is 0.387 e. The number of pyridine rings is 1. The van der Waals surface area contributed by atoms with Gasteiger partial charge in [0.1, 0.15) is 5.75 Å². The van der Waals surface area contributed by atoms with E-state index in [1.807, 2.05) is 13.8 Å². The monoisotopic (exact) mass is 412 g/mol. The number of aliphatic hydroxyl groups is 1. The molecule has 0 spiro atoms. The first kappa shape index (κ1) is 20.7. The highest BCUT2D eigenvalue weighted by molar-refractivity contribution is 6.32. The molecule has 1 fully saturated rings. The van der Waals surface area contributed by atoms with Crippen LogP contribution in [0.25, 0.3) is 10.9 Å². The van der Waals surface area contributed by atoms with Gasteiger partial charge in [0.05, 0.1) is 21.7 Å². The van der Waals surface area contributed by atoms with Crippen molar-refractivity contribution < 1.29 is 23.4 Å². The second kappa shape index (κ2) is 8.17. The molecule has 1 aromatic carbocycles. The number of benzene rings is 1. The standard InChI is InChI=1S/C20H23ClF2N2O3/c1-20(2,27)13-3-5-14(6-4-13)25-18(26)12-7-11-8-15(21)17(28-19(22)23)9-16(11)24-10-12/h7-10,13-14,19,27H,3-6H2,1-2H3,(H,25,26)/t13-,14-. The highest BCUT2D eigenvalue weighted by Gasteiger charge is 2.31. The Bertz CT molecular complexity index is 862. The fraction of sp³-hybridized carbons (Fsp3) is 0.500. The number of amides is 1. The first-order valence-corrected chi connectivity index (χ1v) is 9.58. The molecule has 3 rings (SSSR count). The maximum Gasteiger partial charge on any atom is 0.387 e. The second-order valence-electron chi connectivity index (χ2n) is 7.75. The Hall–Kier alpha value is -1.99. The minimum Gasteiger partial charge on any atom is -0.433 e. The zero-order valence-electron chi connectivity index (χ0n) is 15.7. The summed E-state index contributed by atoms with van der Waals surface area (Å²) in [6.07, 6.45) is 4.73. The molecule has 152 valence electrons. The van der Waals surface area contributed by atoms with Gasteiger partial charge in [-0.25, -0.2) is 0 Å². The van der Waals surface area contributed by atoms with Crippen molar-refractivity contribution in [3.8, 4) is 5.75 Å². The molecule has 2 N–H and O–H groups in total. The Morgan fingerprint density at radius 2 is 1.96 bits per heavy atom. The third-order valence-corrected chi connectivity index (χ3v) is 5.57. The number of nitrogens with one attached hydrogen (secondary N) is 1. The van der Waals surface area contributed by atoms with Crippen molar-refractivity contribution in [3.05, 3.63) is 35.0 Å². The van der Waals surface area contributed by atoms with E-state index in [2.05, 4.69) is 15.0 Å². The number of hydrogen-bond acceptors (Lipinski definition) is 4. The van der Waals surface area contributed by atoms with Crippen LogP contribution in [0.1, 0.15) is 49.9 Å². The van der Waals surface area contributed by atoms with Crippen molar-refractivity contribution in [2.75, 3.05) is 0 Å². The lowest BCUT2D eigenvalue weighted by Gasteiger charge is -2.36. The molecular weight excluding hydrogens is 390 g/mol. The van der Waals surface area contributed by atoms with Crippen molar-refractivity contribution >= 4 is 28.4 Å². The SMILES string of the molecule is CC(C)(O)[C@H]1CC[C@H](NC(=O)c2cnc3cc(OC(F)F)c(Cl)cc3c2)CC1. The van der Waals surface area contributed by atoms with Crippen LogP contribution in [0.4, 0.5) is 8.78 Å². The van der Waals surface area contributed by atoms with Crippen molar-refractivity contribution in [1.29, 1.82) is 0 Å². The van der Waals surface area contributed by atoms with Crippen molar-refractivity contribution in [2.45, 2.75) is 57.8 Å². The summed E-state index contributed by atoms with van der Waals surface area (Å²) in [7, 11) is 0. The summed E-state index contributed by atoms with van der Waals surface area (Å²) >= 11 is 5.98. The summed E-state index contributed by atoms with van der Waals surface area (Å²) < 4.78 is 29.2. The quantitative estimate of drug-likeness (QED) is 0.755. The van der Waals surface area contributed by atoms with Crippen LogP contribution in [-0.2, 0) is 0 Å². The summed E-state index contributed by atoms with van der Waals surface area (Å²) in [5.41, 5.74) is 0.0710. The van der Waals surface area contributed by atoms with E-state index in [-0.39, 0.29) is 28.6 Å². The summed E-state index contributed by atoms with van der Waals surface area (Å²) in [5.74, 6) is -0.169. The molecule has 28 heavy (non-hydrogen) atoms. The Kier molecular flexibility index (Phi) is 6.05. The van der Waals surface area contributed by atoms with Gasteiger partial charge in [-0.1, -0.05) is 11.6 Å². The van der Waals surface area contributed by atoms with Gasteiger partial charge in [-0.05, 0) is 57.6 Å². The van der Waals surface area contributed by atoms with E-state index >= 15 is 0 Å². The Labute approximate surface area is 167 Å². The van der Waals surface area contributed by atoms with Crippen LogP contribution in [0.15, 0.2) is 24.4 Å². The number of rotatable bonds is 5. The fourth-order valence-corrected chi connectivity index (χ4v) is 3.87. The van der Waals surface area contributed by atoms with Gasteiger partial charge in [-0.2, -0.15) is 8.78 Å². The average molecular weight is 413 g/mol. The number of aromatic nitrogens is 1. The van der Waals surface area contributed by atoms with Crippen LogP contribution in [-0.4, -0.2) is 34.3 Å². The second-order valence-corrected chi connectivity index (χ2v) is 8.16. The molecule has 1 amide bonds.